The van der Waals surface area contributed by atoms with Crippen LogP contribution in [0, 0.1) is 5.82 Å². The van der Waals surface area contributed by atoms with Crippen molar-refractivity contribution in [3.05, 3.63) is 71.0 Å². The van der Waals surface area contributed by atoms with Crippen molar-refractivity contribution in [2.75, 3.05) is 21.2 Å². The third-order valence-corrected chi connectivity index (χ3v) is 3.25. The van der Waals surface area contributed by atoms with Gasteiger partial charge in [-0.2, -0.15) is 0 Å². The predicted molar refractivity (Wildman–Crippen MR) is 79.7 cm³/mol. The van der Waals surface area contributed by atoms with E-state index in [2.05, 4.69) is 0 Å². The fourth-order valence-corrected chi connectivity index (χ4v) is 2.20. The molecular formula is C17H18FNO2. The third-order valence-electron chi connectivity index (χ3n) is 3.25. The summed E-state index contributed by atoms with van der Waals surface area (Å²) in [7, 11) is 5.01. The molecule has 2 aromatic rings. The van der Waals surface area contributed by atoms with Gasteiger partial charge in [-0.05, 0) is 35.4 Å². The maximum absolute atomic E-state index is 13.0. The molecule has 0 spiro atoms. The van der Waals surface area contributed by atoms with E-state index in [9.17, 15) is 9.18 Å². The van der Waals surface area contributed by atoms with E-state index in [1.807, 2.05) is 12.1 Å². The molecule has 0 aliphatic rings. The summed E-state index contributed by atoms with van der Waals surface area (Å²) in [5, 5.41) is 0. The van der Waals surface area contributed by atoms with E-state index >= 15 is 0 Å². The van der Waals surface area contributed by atoms with Crippen molar-refractivity contribution >= 4 is 5.91 Å². The van der Waals surface area contributed by atoms with Crippen LogP contribution in [0.5, 0.6) is 0 Å². The lowest BCUT2D eigenvalue weighted by molar-refractivity contribution is 0.0827. The van der Waals surface area contributed by atoms with Gasteiger partial charge in [0.05, 0.1) is 0 Å². The largest absolute Gasteiger partial charge is 0.372 e. The monoisotopic (exact) mass is 287 g/mol. The van der Waals surface area contributed by atoms with Crippen molar-refractivity contribution in [2.45, 2.75) is 6.10 Å². The maximum atomic E-state index is 13.0. The Morgan fingerprint density at radius 3 is 2.33 bits per heavy atom. The van der Waals surface area contributed by atoms with Crippen molar-refractivity contribution in [2.24, 2.45) is 0 Å². The second-order valence-corrected chi connectivity index (χ2v) is 4.99. The number of ether oxygens (including phenoxy) is 1. The van der Waals surface area contributed by atoms with Crippen LogP contribution in [0.15, 0.2) is 48.5 Å². The zero-order valence-electron chi connectivity index (χ0n) is 12.3. The molecule has 4 heteroatoms. The number of methoxy groups -OCH3 is 1. The quantitative estimate of drug-likeness (QED) is 0.864. The van der Waals surface area contributed by atoms with Crippen LogP contribution in [-0.4, -0.2) is 32.0 Å². The van der Waals surface area contributed by atoms with Crippen LogP contribution in [0.3, 0.4) is 0 Å². The fraction of sp³-hybridized carbons (Fsp3) is 0.235. The second-order valence-electron chi connectivity index (χ2n) is 4.99. The molecule has 2 aromatic carbocycles. The zero-order valence-corrected chi connectivity index (χ0v) is 12.3. The van der Waals surface area contributed by atoms with Crippen LogP contribution < -0.4 is 0 Å². The molecule has 0 heterocycles. The van der Waals surface area contributed by atoms with Gasteiger partial charge in [-0.25, -0.2) is 4.39 Å². The predicted octanol–water partition coefficient (Wildman–Crippen LogP) is 3.26. The minimum atomic E-state index is -0.333. The zero-order chi connectivity index (χ0) is 15.4. The van der Waals surface area contributed by atoms with Crippen LogP contribution in [0.4, 0.5) is 4.39 Å². The number of benzene rings is 2. The Morgan fingerprint density at radius 1 is 1.10 bits per heavy atom. The highest BCUT2D eigenvalue weighted by Crippen LogP contribution is 2.26. The number of hydrogen-bond donors (Lipinski definition) is 0. The molecule has 1 atom stereocenters. The normalized spacial score (nSPS) is 12.0. The summed E-state index contributed by atoms with van der Waals surface area (Å²) >= 11 is 0. The Hall–Kier alpha value is -2.20. The first-order chi connectivity index (χ1) is 10.0. The van der Waals surface area contributed by atoms with Crippen molar-refractivity contribution < 1.29 is 13.9 Å². The van der Waals surface area contributed by atoms with Crippen LogP contribution >= 0.6 is 0 Å². The van der Waals surface area contributed by atoms with Crippen LogP contribution in [0.1, 0.15) is 27.6 Å². The lowest BCUT2D eigenvalue weighted by Crippen LogP contribution is -2.21. The summed E-state index contributed by atoms with van der Waals surface area (Å²) in [5.41, 5.74) is 2.30. The average molecular weight is 287 g/mol. The summed E-state index contributed by atoms with van der Waals surface area (Å²) in [6, 6.07) is 13.5. The second kappa shape index (κ2) is 6.50. The first-order valence-corrected chi connectivity index (χ1v) is 6.63. The third kappa shape index (κ3) is 3.47. The van der Waals surface area contributed by atoms with E-state index in [1.165, 1.54) is 17.0 Å². The Kier molecular flexibility index (Phi) is 4.70. The molecule has 2 rings (SSSR count). The minimum absolute atomic E-state index is 0.0641. The van der Waals surface area contributed by atoms with Gasteiger partial charge >= 0.3 is 0 Å². The number of carbonyl (C=O) groups is 1. The summed E-state index contributed by atoms with van der Waals surface area (Å²) in [6.45, 7) is 0. The molecule has 0 fully saturated rings. The van der Waals surface area contributed by atoms with E-state index < -0.39 is 0 Å². The molecule has 0 aromatic heterocycles. The Bertz CT molecular complexity index is 623. The standard InChI is InChI=1S/C17H18FNO2/c1-19(2)17(20)14-6-4-5-13(11-14)16(21-3)12-7-9-15(18)10-8-12/h4-11,16H,1-3H3. The Balaban J connectivity index is 2.36. The fourth-order valence-electron chi connectivity index (χ4n) is 2.20. The molecule has 3 nitrogen and oxygen atoms in total. The highest BCUT2D eigenvalue weighted by Gasteiger charge is 2.16. The summed E-state index contributed by atoms with van der Waals surface area (Å²) in [6.07, 6.45) is -0.333. The molecule has 0 N–H and O–H groups in total. The van der Waals surface area contributed by atoms with E-state index in [-0.39, 0.29) is 17.8 Å². The Morgan fingerprint density at radius 2 is 1.76 bits per heavy atom. The van der Waals surface area contributed by atoms with Gasteiger partial charge in [0.25, 0.3) is 5.91 Å². The lowest BCUT2D eigenvalue weighted by Gasteiger charge is -2.18. The number of amides is 1. The summed E-state index contributed by atoms with van der Waals surface area (Å²) < 4.78 is 18.5. The van der Waals surface area contributed by atoms with E-state index in [4.69, 9.17) is 4.74 Å². The molecule has 1 amide bonds. The van der Waals surface area contributed by atoms with Gasteiger partial charge in [0.1, 0.15) is 11.9 Å². The molecule has 0 saturated heterocycles. The van der Waals surface area contributed by atoms with Crippen molar-refractivity contribution in [3.8, 4) is 0 Å². The van der Waals surface area contributed by atoms with Gasteiger partial charge < -0.3 is 9.64 Å². The van der Waals surface area contributed by atoms with Gasteiger partial charge in [-0.3, -0.25) is 4.79 Å². The Labute approximate surface area is 124 Å². The molecule has 1 unspecified atom stereocenters. The van der Waals surface area contributed by atoms with Gasteiger partial charge in [0, 0.05) is 26.8 Å². The number of carbonyl (C=O) groups excluding carboxylic acids is 1. The summed E-state index contributed by atoms with van der Waals surface area (Å²) in [4.78, 5) is 13.6. The molecule has 0 aliphatic heterocycles. The minimum Gasteiger partial charge on any atom is -0.372 e. The molecule has 0 bridgehead atoms. The highest BCUT2D eigenvalue weighted by molar-refractivity contribution is 5.94. The van der Waals surface area contributed by atoms with Crippen molar-refractivity contribution in [1.82, 2.24) is 4.90 Å². The van der Waals surface area contributed by atoms with E-state index in [0.717, 1.165) is 11.1 Å². The van der Waals surface area contributed by atoms with Crippen molar-refractivity contribution in [3.63, 3.8) is 0 Å². The number of halogens is 1. The van der Waals surface area contributed by atoms with Crippen LogP contribution in [-0.2, 0) is 4.74 Å². The SMILES string of the molecule is COC(c1ccc(F)cc1)c1cccc(C(=O)N(C)C)c1. The van der Waals surface area contributed by atoms with Gasteiger partial charge in [-0.15, -0.1) is 0 Å². The lowest BCUT2D eigenvalue weighted by atomic mass is 9.99. The highest BCUT2D eigenvalue weighted by atomic mass is 19.1. The number of hydrogen-bond acceptors (Lipinski definition) is 2. The smallest absolute Gasteiger partial charge is 0.253 e. The maximum Gasteiger partial charge on any atom is 0.253 e. The molecule has 21 heavy (non-hydrogen) atoms. The average Bonchev–Trinajstić information content (AvgIpc) is 2.49. The van der Waals surface area contributed by atoms with Gasteiger partial charge in [0.2, 0.25) is 0 Å². The molecule has 110 valence electrons. The molecule has 0 aliphatic carbocycles. The van der Waals surface area contributed by atoms with Crippen LogP contribution in [0.25, 0.3) is 0 Å². The molecule has 0 radical (unpaired) electrons. The number of nitrogens with zero attached hydrogens (tertiary/aromatic N) is 1. The van der Waals surface area contributed by atoms with Gasteiger partial charge in [-0.1, -0.05) is 24.3 Å². The number of rotatable bonds is 4. The summed E-state index contributed by atoms with van der Waals surface area (Å²) in [5.74, 6) is -0.351. The molecular weight excluding hydrogens is 269 g/mol. The van der Waals surface area contributed by atoms with E-state index in [1.54, 1.807) is 45.5 Å². The topological polar surface area (TPSA) is 29.5 Å². The van der Waals surface area contributed by atoms with Crippen LogP contribution in [0.2, 0.25) is 0 Å². The van der Waals surface area contributed by atoms with Crippen molar-refractivity contribution in [1.29, 1.82) is 0 Å². The van der Waals surface area contributed by atoms with E-state index in [0.29, 0.717) is 5.56 Å². The van der Waals surface area contributed by atoms with Gasteiger partial charge in [0.15, 0.2) is 0 Å². The first kappa shape index (κ1) is 15.2. The molecule has 0 saturated carbocycles. The first-order valence-electron chi connectivity index (χ1n) is 6.63.